The molecule has 8 heteroatoms. The van der Waals surface area contributed by atoms with Gasteiger partial charge in [-0.05, 0) is 17.7 Å². The van der Waals surface area contributed by atoms with E-state index in [-0.39, 0.29) is 11.7 Å². The van der Waals surface area contributed by atoms with Gasteiger partial charge in [-0.25, -0.2) is 8.42 Å². The first-order valence-electron chi connectivity index (χ1n) is 6.91. The van der Waals surface area contributed by atoms with Crippen LogP contribution in [0.15, 0.2) is 18.2 Å². The van der Waals surface area contributed by atoms with Crippen LogP contribution in [0.25, 0.3) is 0 Å². The summed E-state index contributed by atoms with van der Waals surface area (Å²) in [6.07, 6.45) is -0.629. The molecular formula is C14H19Cl2NO4S. The topological polar surface area (TPSA) is 75.6 Å². The third-order valence-electron chi connectivity index (χ3n) is 3.57. The highest BCUT2D eigenvalue weighted by Gasteiger charge is 2.33. The van der Waals surface area contributed by atoms with Crippen molar-refractivity contribution in [2.24, 2.45) is 0 Å². The quantitative estimate of drug-likeness (QED) is 0.842. The van der Waals surface area contributed by atoms with Crippen LogP contribution in [0.4, 0.5) is 0 Å². The van der Waals surface area contributed by atoms with Gasteiger partial charge in [0.05, 0.1) is 34.6 Å². The zero-order valence-corrected chi connectivity index (χ0v) is 14.5. The molecule has 1 aromatic carbocycles. The van der Waals surface area contributed by atoms with Gasteiger partial charge in [-0.15, -0.1) is 0 Å². The number of benzene rings is 1. The van der Waals surface area contributed by atoms with Crippen molar-refractivity contribution in [3.8, 4) is 0 Å². The fourth-order valence-electron chi connectivity index (χ4n) is 2.59. The minimum absolute atomic E-state index is 0.214. The lowest BCUT2D eigenvalue weighted by Crippen LogP contribution is -2.40. The smallest absolute Gasteiger partial charge is 0.150 e. The van der Waals surface area contributed by atoms with Crippen LogP contribution in [0.1, 0.15) is 11.5 Å². The van der Waals surface area contributed by atoms with Crippen molar-refractivity contribution < 1.29 is 18.3 Å². The van der Waals surface area contributed by atoms with E-state index in [1.807, 2.05) is 6.07 Å². The molecule has 2 unspecified atom stereocenters. The monoisotopic (exact) mass is 367 g/mol. The Bertz CT molecular complexity index is 623. The van der Waals surface area contributed by atoms with Gasteiger partial charge in [0, 0.05) is 25.3 Å². The largest absolute Gasteiger partial charge is 0.389 e. The molecule has 3 atom stereocenters. The fraction of sp³-hybridized carbons (Fsp3) is 0.571. The summed E-state index contributed by atoms with van der Waals surface area (Å²) in [5.74, 6) is -0.552. The average molecular weight is 368 g/mol. The van der Waals surface area contributed by atoms with Gasteiger partial charge in [0.2, 0.25) is 0 Å². The van der Waals surface area contributed by atoms with E-state index in [9.17, 15) is 13.5 Å². The molecule has 1 heterocycles. The van der Waals surface area contributed by atoms with Gasteiger partial charge >= 0.3 is 0 Å². The van der Waals surface area contributed by atoms with Crippen molar-refractivity contribution in [2.45, 2.75) is 18.1 Å². The first-order valence-corrected chi connectivity index (χ1v) is 9.72. The van der Waals surface area contributed by atoms with E-state index in [2.05, 4.69) is 5.32 Å². The molecular weight excluding hydrogens is 349 g/mol. The fourth-order valence-corrected chi connectivity index (χ4v) is 3.71. The zero-order chi connectivity index (χ0) is 16.3. The third kappa shape index (κ3) is 4.81. The lowest BCUT2D eigenvalue weighted by atomic mass is 9.90. The summed E-state index contributed by atoms with van der Waals surface area (Å²) in [7, 11) is -3.30. The predicted molar refractivity (Wildman–Crippen MR) is 87.5 cm³/mol. The van der Waals surface area contributed by atoms with Crippen molar-refractivity contribution in [3.05, 3.63) is 33.8 Å². The second-order valence-corrected chi connectivity index (χ2v) is 8.48. The van der Waals surface area contributed by atoms with Crippen molar-refractivity contribution in [2.75, 3.05) is 31.7 Å². The number of halogens is 2. The molecule has 0 bridgehead atoms. The van der Waals surface area contributed by atoms with Crippen LogP contribution < -0.4 is 5.32 Å². The van der Waals surface area contributed by atoms with Crippen LogP contribution in [-0.4, -0.2) is 57.4 Å². The van der Waals surface area contributed by atoms with E-state index in [4.69, 9.17) is 27.9 Å². The highest BCUT2D eigenvalue weighted by Crippen LogP contribution is 2.31. The average Bonchev–Trinajstić information content (AvgIpc) is 2.65. The Morgan fingerprint density at radius 2 is 2.14 bits per heavy atom. The Morgan fingerprint density at radius 3 is 2.77 bits per heavy atom. The van der Waals surface area contributed by atoms with Crippen LogP contribution in [-0.2, 0) is 14.6 Å². The van der Waals surface area contributed by atoms with Gasteiger partial charge in [-0.1, -0.05) is 29.3 Å². The number of hydrogen-bond donors (Lipinski definition) is 2. The van der Waals surface area contributed by atoms with Gasteiger partial charge < -0.3 is 15.2 Å². The van der Waals surface area contributed by atoms with Crippen LogP contribution in [0, 0.1) is 0 Å². The van der Waals surface area contributed by atoms with E-state index in [0.717, 1.165) is 11.8 Å². The molecule has 2 N–H and O–H groups in total. The molecule has 0 spiro atoms. The zero-order valence-electron chi connectivity index (χ0n) is 12.1. The molecule has 5 nitrogen and oxygen atoms in total. The first-order chi connectivity index (χ1) is 10.3. The molecule has 1 aromatic rings. The third-order valence-corrected chi connectivity index (χ3v) is 5.26. The maximum atomic E-state index is 11.4. The molecule has 1 fully saturated rings. The Morgan fingerprint density at radius 1 is 1.41 bits per heavy atom. The second kappa shape index (κ2) is 7.47. The van der Waals surface area contributed by atoms with Crippen LogP contribution in [0.2, 0.25) is 10.0 Å². The molecule has 0 aliphatic carbocycles. The van der Waals surface area contributed by atoms with Gasteiger partial charge in [0.15, 0.2) is 0 Å². The van der Waals surface area contributed by atoms with E-state index >= 15 is 0 Å². The maximum absolute atomic E-state index is 11.4. The van der Waals surface area contributed by atoms with Crippen molar-refractivity contribution in [1.29, 1.82) is 0 Å². The standard InChI is InChI=1S/C14H19Cl2NO4S/c1-22(19,20)8-13(18)14-10(7-17-4-5-21-14)9-2-3-11(15)12(16)6-9/h2-3,6,10,13-14,17-18H,4-5,7-8H2,1H3/t10?,13?,14-/m0/s1. The Hall–Kier alpha value is -0.370. The first kappa shape index (κ1) is 18.0. The summed E-state index contributed by atoms with van der Waals surface area (Å²) in [6.45, 7) is 1.60. The molecule has 22 heavy (non-hydrogen) atoms. The molecule has 124 valence electrons. The number of nitrogens with one attached hydrogen (secondary N) is 1. The van der Waals surface area contributed by atoms with Gasteiger partial charge in [0.25, 0.3) is 0 Å². The van der Waals surface area contributed by atoms with Gasteiger partial charge in [-0.3, -0.25) is 0 Å². The second-order valence-electron chi connectivity index (χ2n) is 5.48. The summed E-state index contributed by atoms with van der Waals surface area (Å²) in [5.41, 5.74) is 0.848. The Balaban J connectivity index is 2.29. The summed E-state index contributed by atoms with van der Waals surface area (Å²) in [4.78, 5) is 0. The van der Waals surface area contributed by atoms with E-state index in [1.165, 1.54) is 0 Å². The number of ether oxygens (including phenoxy) is 1. The Kier molecular flexibility index (Phi) is 6.10. The minimum Gasteiger partial charge on any atom is -0.389 e. The number of aliphatic hydroxyl groups excluding tert-OH is 1. The lowest BCUT2D eigenvalue weighted by Gasteiger charge is -2.29. The normalized spacial score (nSPS) is 24.7. The molecule has 0 amide bonds. The highest BCUT2D eigenvalue weighted by atomic mass is 35.5. The molecule has 0 aromatic heterocycles. The number of sulfone groups is 1. The summed E-state index contributed by atoms with van der Waals surface area (Å²) < 4.78 is 28.6. The Labute approximate surface area is 140 Å². The predicted octanol–water partition coefficient (Wildman–Crippen LogP) is 1.47. The van der Waals surface area contributed by atoms with E-state index < -0.39 is 22.0 Å². The van der Waals surface area contributed by atoms with E-state index in [0.29, 0.717) is 29.7 Å². The minimum atomic E-state index is -3.30. The van der Waals surface area contributed by atoms with E-state index in [1.54, 1.807) is 12.1 Å². The highest BCUT2D eigenvalue weighted by molar-refractivity contribution is 7.90. The number of hydrogen-bond acceptors (Lipinski definition) is 5. The molecule has 1 saturated heterocycles. The van der Waals surface area contributed by atoms with Crippen LogP contribution in [0.5, 0.6) is 0 Å². The van der Waals surface area contributed by atoms with Crippen molar-refractivity contribution in [3.63, 3.8) is 0 Å². The van der Waals surface area contributed by atoms with Crippen LogP contribution in [0.3, 0.4) is 0 Å². The summed E-state index contributed by atoms with van der Waals surface area (Å²) >= 11 is 12.0. The van der Waals surface area contributed by atoms with Crippen molar-refractivity contribution in [1.82, 2.24) is 5.32 Å². The van der Waals surface area contributed by atoms with Crippen molar-refractivity contribution >= 4 is 33.0 Å². The molecule has 0 saturated carbocycles. The summed E-state index contributed by atoms with van der Waals surface area (Å²) in [5, 5.41) is 14.4. The molecule has 1 aliphatic rings. The maximum Gasteiger partial charge on any atom is 0.150 e. The lowest BCUT2D eigenvalue weighted by molar-refractivity contribution is -0.0309. The van der Waals surface area contributed by atoms with Gasteiger partial charge in [-0.2, -0.15) is 0 Å². The molecule has 0 radical (unpaired) electrons. The van der Waals surface area contributed by atoms with Crippen LogP contribution >= 0.6 is 23.2 Å². The van der Waals surface area contributed by atoms with Gasteiger partial charge in [0.1, 0.15) is 9.84 Å². The number of aliphatic hydroxyl groups is 1. The SMILES string of the molecule is CS(=O)(=O)CC(O)[C@H]1OCCNCC1c1ccc(Cl)c(Cl)c1. The molecule has 1 aliphatic heterocycles. The number of rotatable bonds is 4. The molecule has 2 rings (SSSR count). The summed E-state index contributed by atoms with van der Waals surface area (Å²) in [6, 6.07) is 5.23.